The average Bonchev–Trinajstić information content (AvgIpc) is 2.75. The van der Waals surface area contributed by atoms with E-state index in [1.54, 1.807) is 24.3 Å². The van der Waals surface area contributed by atoms with Gasteiger partial charge in [-0.25, -0.2) is 8.42 Å². The quantitative estimate of drug-likeness (QED) is 0.533. The van der Waals surface area contributed by atoms with Crippen molar-refractivity contribution in [3.8, 4) is 0 Å². The molecule has 9 heteroatoms. The third kappa shape index (κ3) is 6.80. The molecule has 0 unspecified atom stereocenters. The van der Waals surface area contributed by atoms with Gasteiger partial charge < -0.3 is 10.2 Å². The van der Waals surface area contributed by atoms with Gasteiger partial charge in [0.15, 0.2) is 0 Å². The fourth-order valence-corrected chi connectivity index (χ4v) is 4.79. The zero-order chi connectivity index (χ0) is 23.0. The minimum atomic E-state index is -3.74. The summed E-state index contributed by atoms with van der Waals surface area (Å²) >= 11 is 3.36. The lowest BCUT2D eigenvalue weighted by Gasteiger charge is -2.32. The molecule has 0 saturated heterocycles. The molecule has 7 nitrogen and oxygen atoms in total. The predicted molar refractivity (Wildman–Crippen MR) is 126 cm³/mol. The van der Waals surface area contributed by atoms with Crippen LogP contribution >= 0.6 is 15.9 Å². The number of amides is 2. The molecule has 0 aliphatic heterocycles. The first-order valence-corrected chi connectivity index (χ1v) is 12.6. The normalized spacial score (nSPS) is 12.1. The van der Waals surface area contributed by atoms with Gasteiger partial charge in [-0.1, -0.05) is 49.4 Å². The number of halogens is 1. The SMILES string of the molecule is CC[C@@H](C(=O)NC)N(CCc1ccccc1)C(=O)CN(c1ccccc1Br)S(C)(=O)=O. The summed E-state index contributed by atoms with van der Waals surface area (Å²) in [5.41, 5.74) is 1.40. The second kappa shape index (κ2) is 11.3. The molecular formula is C22H28BrN3O4S. The van der Waals surface area contributed by atoms with Crippen molar-refractivity contribution >= 4 is 43.5 Å². The highest BCUT2D eigenvalue weighted by Crippen LogP contribution is 2.27. The van der Waals surface area contributed by atoms with E-state index in [4.69, 9.17) is 0 Å². The Hall–Kier alpha value is -2.39. The molecule has 0 spiro atoms. The van der Waals surface area contributed by atoms with Crippen LogP contribution < -0.4 is 9.62 Å². The van der Waals surface area contributed by atoms with Gasteiger partial charge in [0.1, 0.15) is 12.6 Å². The lowest BCUT2D eigenvalue weighted by Crippen LogP contribution is -2.52. The maximum atomic E-state index is 13.4. The molecule has 168 valence electrons. The van der Waals surface area contributed by atoms with E-state index in [1.807, 2.05) is 37.3 Å². The topological polar surface area (TPSA) is 86.8 Å². The fraction of sp³-hybridized carbons (Fsp3) is 0.364. The van der Waals surface area contributed by atoms with Crippen molar-refractivity contribution in [3.05, 3.63) is 64.6 Å². The van der Waals surface area contributed by atoms with E-state index in [-0.39, 0.29) is 5.91 Å². The summed E-state index contributed by atoms with van der Waals surface area (Å²) < 4.78 is 26.6. The van der Waals surface area contributed by atoms with Gasteiger partial charge >= 0.3 is 0 Å². The Kier molecular flexibility index (Phi) is 9.06. The van der Waals surface area contributed by atoms with Gasteiger partial charge in [0.2, 0.25) is 21.8 Å². The molecule has 1 atom stereocenters. The van der Waals surface area contributed by atoms with Crippen LogP contribution in [0.4, 0.5) is 5.69 Å². The monoisotopic (exact) mass is 509 g/mol. The van der Waals surface area contributed by atoms with Gasteiger partial charge in [-0.3, -0.25) is 13.9 Å². The van der Waals surface area contributed by atoms with Crippen LogP contribution in [0.1, 0.15) is 18.9 Å². The second-order valence-corrected chi connectivity index (χ2v) is 9.84. The molecule has 0 bridgehead atoms. The van der Waals surface area contributed by atoms with E-state index < -0.39 is 28.5 Å². The largest absolute Gasteiger partial charge is 0.357 e. The van der Waals surface area contributed by atoms with Crippen LogP contribution in [0.2, 0.25) is 0 Å². The molecule has 0 saturated carbocycles. The van der Waals surface area contributed by atoms with Gasteiger partial charge in [0, 0.05) is 18.1 Å². The van der Waals surface area contributed by atoms with Crippen molar-refractivity contribution in [3.63, 3.8) is 0 Å². The molecule has 2 amide bonds. The standard InChI is InChI=1S/C22H28BrN3O4S/c1-4-19(22(28)24-2)25(15-14-17-10-6-5-7-11-17)21(27)16-26(31(3,29)30)20-13-9-8-12-18(20)23/h5-13,19H,4,14-16H2,1-3H3,(H,24,28)/t19-/m0/s1. The third-order valence-electron chi connectivity index (χ3n) is 4.92. The lowest BCUT2D eigenvalue weighted by molar-refractivity contribution is -0.139. The summed E-state index contributed by atoms with van der Waals surface area (Å²) in [6.45, 7) is 1.72. The van der Waals surface area contributed by atoms with Gasteiger partial charge in [0.25, 0.3) is 0 Å². The summed E-state index contributed by atoms with van der Waals surface area (Å²) in [7, 11) is -2.22. The molecule has 0 aliphatic carbocycles. The highest BCUT2D eigenvalue weighted by molar-refractivity contribution is 9.10. The van der Waals surface area contributed by atoms with Gasteiger partial charge in [-0.2, -0.15) is 0 Å². The van der Waals surface area contributed by atoms with Crippen LogP contribution in [0.25, 0.3) is 0 Å². The van der Waals surface area contributed by atoms with E-state index in [0.717, 1.165) is 16.1 Å². The highest BCUT2D eigenvalue weighted by Gasteiger charge is 2.31. The first-order valence-electron chi connectivity index (χ1n) is 9.96. The third-order valence-corrected chi connectivity index (χ3v) is 6.71. The van der Waals surface area contributed by atoms with Crippen LogP contribution in [0.5, 0.6) is 0 Å². The number of anilines is 1. The second-order valence-electron chi connectivity index (χ2n) is 7.08. The molecule has 2 aromatic carbocycles. The van der Waals surface area contributed by atoms with Crippen molar-refractivity contribution in [2.24, 2.45) is 0 Å². The highest BCUT2D eigenvalue weighted by atomic mass is 79.9. The first kappa shape index (κ1) is 24.9. The molecule has 31 heavy (non-hydrogen) atoms. The van der Waals surface area contributed by atoms with Crippen molar-refractivity contribution in [1.82, 2.24) is 10.2 Å². The van der Waals surface area contributed by atoms with E-state index >= 15 is 0 Å². The minimum absolute atomic E-state index is 0.282. The van der Waals surface area contributed by atoms with Gasteiger partial charge in [-0.05, 0) is 46.5 Å². The van der Waals surface area contributed by atoms with Crippen molar-refractivity contribution in [1.29, 1.82) is 0 Å². The molecule has 0 fully saturated rings. The van der Waals surface area contributed by atoms with E-state index in [0.29, 0.717) is 29.5 Å². The predicted octanol–water partition coefficient (Wildman–Crippen LogP) is 2.81. The van der Waals surface area contributed by atoms with Crippen molar-refractivity contribution in [2.75, 3.05) is 30.7 Å². The number of sulfonamides is 1. The summed E-state index contributed by atoms with van der Waals surface area (Å²) in [5.74, 6) is -0.719. The zero-order valence-electron chi connectivity index (χ0n) is 17.9. The van der Waals surface area contributed by atoms with Crippen LogP contribution in [-0.2, 0) is 26.0 Å². The minimum Gasteiger partial charge on any atom is -0.357 e. The fourth-order valence-electron chi connectivity index (χ4n) is 3.31. The Balaban J connectivity index is 2.35. The number of hydrogen-bond donors (Lipinski definition) is 1. The summed E-state index contributed by atoms with van der Waals surface area (Å²) in [6.07, 6.45) is 2.02. The number of likely N-dealkylation sites (N-methyl/N-ethyl adjacent to an activating group) is 1. The van der Waals surface area contributed by atoms with Crippen LogP contribution in [0, 0.1) is 0 Å². The van der Waals surface area contributed by atoms with Crippen LogP contribution in [0.3, 0.4) is 0 Å². The molecular weight excluding hydrogens is 482 g/mol. The van der Waals surface area contributed by atoms with Crippen LogP contribution in [0.15, 0.2) is 59.1 Å². The number of hydrogen-bond acceptors (Lipinski definition) is 4. The van der Waals surface area contributed by atoms with E-state index in [9.17, 15) is 18.0 Å². The molecule has 1 N–H and O–H groups in total. The molecule has 2 rings (SSSR count). The average molecular weight is 510 g/mol. The molecule has 0 aromatic heterocycles. The number of carbonyl (C=O) groups excluding carboxylic acids is 2. The lowest BCUT2D eigenvalue weighted by atomic mass is 10.1. The summed E-state index contributed by atoms with van der Waals surface area (Å²) in [4.78, 5) is 27.3. The number of rotatable bonds is 10. The van der Waals surface area contributed by atoms with E-state index in [1.165, 1.54) is 11.9 Å². The Morgan fingerprint density at radius 1 is 1.06 bits per heavy atom. The first-order chi connectivity index (χ1) is 14.7. The zero-order valence-corrected chi connectivity index (χ0v) is 20.3. The maximum Gasteiger partial charge on any atom is 0.244 e. The van der Waals surface area contributed by atoms with Crippen molar-refractivity contribution < 1.29 is 18.0 Å². The molecule has 0 radical (unpaired) electrons. The Morgan fingerprint density at radius 2 is 1.68 bits per heavy atom. The number of carbonyl (C=O) groups is 2. The maximum absolute atomic E-state index is 13.4. The Bertz CT molecular complexity index is 999. The number of benzene rings is 2. The molecule has 0 aliphatic rings. The Labute approximate surface area is 192 Å². The smallest absolute Gasteiger partial charge is 0.244 e. The van der Waals surface area contributed by atoms with Gasteiger partial charge in [0.05, 0.1) is 11.9 Å². The number of nitrogens with zero attached hydrogens (tertiary/aromatic N) is 2. The summed E-state index contributed by atoms with van der Waals surface area (Å²) in [6, 6.07) is 15.8. The van der Waals surface area contributed by atoms with Crippen molar-refractivity contribution in [2.45, 2.75) is 25.8 Å². The van der Waals surface area contributed by atoms with Crippen LogP contribution in [-0.4, -0.2) is 57.6 Å². The summed E-state index contributed by atoms with van der Waals surface area (Å²) in [5, 5.41) is 2.60. The van der Waals surface area contributed by atoms with E-state index in [2.05, 4.69) is 21.2 Å². The van der Waals surface area contributed by atoms with Gasteiger partial charge in [-0.15, -0.1) is 0 Å². The number of para-hydroxylation sites is 1. The Morgan fingerprint density at radius 3 is 2.23 bits per heavy atom. The molecule has 2 aromatic rings. The number of nitrogens with one attached hydrogen (secondary N) is 1. The molecule has 0 heterocycles.